The summed E-state index contributed by atoms with van der Waals surface area (Å²) in [7, 11) is 0. The van der Waals surface area contributed by atoms with Crippen molar-refractivity contribution >= 4 is 23.1 Å². The van der Waals surface area contributed by atoms with E-state index in [0.717, 1.165) is 42.6 Å². The summed E-state index contributed by atoms with van der Waals surface area (Å²) in [5.74, 6) is 1.56. The topological polar surface area (TPSA) is 62.2 Å². The van der Waals surface area contributed by atoms with E-state index in [0.29, 0.717) is 18.2 Å². The third-order valence-electron chi connectivity index (χ3n) is 4.56. The zero-order valence-electron chi connectivity index (χ0n) is 13.8. The third-order valence-corrected chi connectivity index (χ3v) is 5.57. The van der Waals surface area contributed by atoms with Crippen molar-refractivity contribution in [1.29, 1.82) is 0 Å². The third kappa shape index (κ3) is 3.26. The molecule has 0 spiro atoms. The van der Waals surface area contributed by atoms with Gasteiger partial charge in [-0.3, -0.25) is 4.79 Å². The number of hydrogen-bond acceptors (Lipinski definition) is 6. The van der Waals surface area contributed by atoms with E-state index in [1.54, 1.807) is 11.3 Å². The van der Waals surface area contributed by atoms with Crippen LogP contribution in [0.5, 0.6) is 0 Å². The van der Waals surface area contributed by atoms with Gasteiger partial charge in [-0.05, 0) is 38.3 Å². The zero-order chi connectivity index (χ0) is 16.5. The van der Waals surface area contributed by atoms with E-state index >= 15 is 0 Å². The van der Waals surface area contributed by atoms with E-state index in [1.165, 1.54) is 12.8 Å². The fourth-order valence-corrected chi connectivity index (χ4v) is 3.94. The second-order valence-corrected chi connectivity index (χ2v) is 7.40. The fourth-order valence-electron chi connectivity index (χ4n) is 2.98. The highest BCUT2D eigenvalue weighted by Crippen LogP contribution is 2.41. The molecule has 1 saturated carbocycles. The molecule has 3 heterocycles. The van der Waals surface area contributed by atoms with Gasteiger partial charge in [0.1, 0.15) is 5.69 Å². The van der Waals surface area contributed by atoms with Crippen molar-refractivity contribution in [3.05, 3.63) is 33.9 Å². The van der Waals surface area contributed by atoms with E-state index in [2.05, 4.69) is 20.1 Å². The van der Waals surface area contributed by atoms with Crippen molar-refractivity contribution in [2.24, 2.45) is 0 Å². The van der Waals surface area contributed by atoms with Crippen molar-refractivity contribution in [3.8, 4) is 0 Å². The summed E-state index contributed by atoms with van der Waals surface area (Å²) >= 11 is 1.63. The Kier molecular flexibility index (Phi) is 4.18. The van der Waals surface area contributed by atoms with Crippen LogP contribution in [0.1, 0.15) is 46.4 Å². The quantitative estimate of drug-likeness (QED) is 0.857. The molecule has 0 unspecified atom stereocenters. The summed E-state index contributed by atoms with van der Waals surface area (Å²) in [6.07, 6.45) is 3.37. The molecule has 24 heavy (non-hydrogen) atoms. The smallest absolute Gasteiger partial charge is 0.273 e. The normalized spacial score (nSPS) is 18.5. The van der Waals surface area contributed by atoms with Crippen molar-refractivity contribution < 1.29 is 4.79 Å². The van der Waals surface area contributed by atoms with E-state index in [-0.39, 0.29) is 5.91 Å². The molecule has 0 aromatic carbocycles. The maximum atomic E-state index is 12.7. The van der Waals surface area contributed by atoms with Crippen LogP contribution in [0.4, 0.5) is 5.82 Å². The summed E-state index contributed by atoms with van der Waals surface area (Å²) in [4.78, 5) is 21.4. The van der Waals surface area contributed by atoms with Crippen molar-refractivity contribution in [1.82, 2.24) is 20.1 Å². The van der Waals surface area contributed by atoms with Gasteiger partial charge in [-0.1, -0.05) is 0 Å². The molecule has 0 bridgehead atoms. The first-order chi connectivity index (χ1) is 11.7. The Balaban J connectivity index is 1.41. The minimum atomic E-state index is 0.0648. The van der Waals surface area contributed by atoms with Gasteiger partial charge in [0.15, 0.2) is 5.82 Å². The number of anilines is 1. The van der Waals surface area contributed by atoms with E-state index in [1.807, 2.05) is 29.3 Å². The van der Waals surface area contributed by atoms with Gasteiger partial charge >= 0.3 is 0 Å². The predicted molar refractivity (Wildman–Crippen MR) is 93.6 cm³/mol. The van der Waals surface area contributed by atoms with Gasteiger partial charge in [0, 0.05) is 37.5 Å². The lowest BCUT2D eigenvalue weighted by Gasteiger charge is -2.22. The number of carbonyl (C=O) groups excluding carboxylic acids is 1. The highest BCUT2D eigenvalue weighted by Gasteiger charge is 2.29. The van der Waals surface area contributed by atoms with Crippen LogP contribution in [0.2, 0.25) is 0 Å². The molecule has 2 aromatic rings. The number of aryl methyl sites for hydroxylation is 1. The summed E-state index contributed by atoms with van der Waals surface area (Å²) < 4.78 is 0. The minimum Gasteiger partial charge on any atom is -0.353 e. The number of thiazole rings is 1. The second-order valence-electron chi connectivity index (χ2n) is 6.51. The lowest BCUT2D eigenvalue weighted by atomic mass is 10.3. The molecule has 1 aliphatic carbocycles. The van der Waals surface area contributed by atoms with Crippen molar-refractivity contribution in [2.75, 3.05) is 31.1 Å². The first-order valence-corrected chi connectivity index (χ1v) is 9.38. The molecule has 1 aliphatic heterocycles. The SMILES string of the molecule is Cc1ccc(N2CCCN(C(=O)c3csc(C4CC4)n3)CC2)nn1. The van der Waals surface area contributed by atoms with E-state index < -0.39 is 0 Å². The van der Waals surface area contributed by atoms with Gasteiger partial charge in [-0.2, -0.15) is 5.10 Å². The molecule has 2 aliphatic rings. The molecule has 2 fully saturated rings. The first-order valence-electron chi connectivity index (χ1n) is 8.51. The predicted octanol–water partition coefficient (Wildman–Crippen LogP) is 2.47. The Morgan fingerprint density at radius 3 is 2.79 bits per heavy atom. The average molecular weight is 343 g/mol. The van der Waals surface area contributed by atoms with Crippen LogP contribution in [0.25, 0.3) is 0 Å². The number of hydrogen-bond donors (Lipinski definition) is 0. The van der Waals surface area contributed by atoms with E-state index in [9.17, 15) is 4.79 Å². The van der Waals surface area contributed by atoms with Gasteiger partial charge in [-0.15, -0.1) is 16.4 Å². The highest BCUT2D eigenvalue weighted by atomic mass is 32.1. The molecular formula is C17H21N5OS. The Bertz CT molecular complexity index is 725. The summed E-state index contributed by atoms with van der Waals surface area (Å²) in [5, 5.41) is 11.4. The van der Waals surface area contributed by atoms with Crippen LogP contribution < -0.4 is 4.90 Å². The molecule has 1 amide bonds. The Labute approximate surface area is 145 Å². The minimum absolute atomic E-state index is 0.0648. The van der Waals surface area contributed by atoms with Crippen LogP contribution in [-0.2, 0) is 0 Å². The van der Waals surface area contributed by atoms with Crippen molar-refractivity contribution in [2.45, 2.75) is 32.1 Å². The summed E-state index contributed by atoms with van der Waals surface area (Å²) in [6, 6.07) is 3.98. The lowest BCUT2D eigenvalue weighted by Crippen LogP contribution is -2.35. The Morgan fingerprint density at radius 1 is 1.17 bits per heavy atom. The van der Waals surface area contributed by atoms with Crippen LogP contribution in [-0.4, -0.2) is 52.2 Å². The standard InChI is InChI=1S/C17H21N5OS/c1-12-3-6-15(20-19-12)21-7-2-8-22(10-9-21)17(23)14-11-24-16(18-14)13-4-5-13/h3,6,11,13H,2,4-5,7-10H2,1H3. The molecule has 2 aromatic heterocycles. The van der Waals surface area contributed by atoms with Crippen LogP contribution >= 0.6 is 11.3 Å². The van der Waals surface area contributed by atoms with Crippen molar-refractivity contribution in [3.63, 3.8) is 0 Å². The molecular weight excluding hydrogens is 322 g/mol. The Morgan fingerprint density at radius 2 is 2.04 bits per heavy atom. The summed E-state index contributed by atoms with van der Waals surface area (Å²) in [5.41, 5.74) is 1.53. The maximum Gasteiger partial charge on any atom is 0.273 e. The van der Waals surface area contributed by atoms with Crippen LogP contribution in [0, 0.1) is 6.92 Å². The van der Waals surface area contributed by atoms with E-state index in [4.69, 9.17) is 0 Å². The van der Waals surface area contributed by atoms with Gasteiger partial charge < -0.3 is 9.80 Å². The largest absolute Gasteiger partial charge is 0.353 e. The molecule has 4 rings (SSSR count). The molecule has 0 radical (unpaired) electrons. The summed E-state index contributed by atoms with van der Waals surface area (Å²) in [6.45, 7) is 5.08. The molecule has 6 nitrogen and oxygen atoms in total. The zero-order valence-corrected chi connectivity index (χ0v) is 14.6. The molecule has 0 atom stereocenters. The number of amides is 1. The number of rotatable bonds is 3. The highest BCUT2D eigenvalue weighted by molar-refractivity contribution is 7.10. The molecule has 7 heteroatoms. The fraction of sp³-hybridized carbons (Fsp3) is 0.529. The number of nitrogens with zero attached hydrogens (tertiary/aromatic N) is 5. The first kappa shape index (κ1) is 15.5. The monoisotopic (exact) mass is 343 g/mol. The van der Waals surface area contributed by atoms with Gasteiger partial charge in [0.25, 0.3) is 5.91 Å². The maximum absolute atomic E-state index is 12.7. The Hall–Kier alpha value is -2.02. The van der Waals surface area contributed by atoms with Gasteiger partial charge in [0.2, 0.25) is 0 Å². The molecule has 0 N–H and O–H groups in total. The molecule has 126 valence electrons. The van der Waals surface area contributed by atoms with Crippen LogP contribution in [0.3, 0.4) is 0 Å². The number of carbonyl (C=O) groups is 1. The van der Waals surface area contributed by atoms with Gasteiger partial charge in [-0.25, -0.2) is 4.98 Å². The molecule has 1 saturated heterocycles. The van der Waals surface area contributed by atoms with Gasteiger partial charge in [0.05, 0.1) is 10.7 Å². The average Bonchev–Trinajstić information content (AvgIpc) is 3.37. The lowest BCUT2D eigenvalue weighted by molar-refractivity contribution is 0.0762. The van der Waals surface area contributed by atoms with Crippen LogP contribution in [0.15, 0.2) is 17.5 Å². The number of aromatic nitrogens is 3. The second kappa shape index (κ2) is 6.47.